The largest absolute Gasteiger partial charge is 0.507 e. The van der Waals surface area contributed by atoms with Crippen molar-refractivity contribution in [3.8, 4) is 5.75 Å². The molecule has 0 aromatic heterocycles. The Hall–Kier alpha value is -0.450. The molecular weight excluding hydrogens is 341 g/mol. The summed E-state index contributed by atoms with van der Waals surface area (Å²) < 4.78 is 0.537. The van der Waals surface area contributed by atoms with Crippen LogP contribution in [-0.4, -0.2) is 28.3 Å². The molecule has 0 aliphatic carbocycles. The number of aromatic hydroxyl groups is 1. The van der Waals surface area contributed by atoms with Crippen LogP contribution in [0.15, 0.2) is 22.7 Å². The maximum atomic E-state index is 12.0. The minimum Gasteiger partial charge on any atom is -0.507 e. The van der Waals surface area contributed by atoms with E-state index in [0.29, 0.717) is 16.5 Å². The maximum Gasteiger partial charge on any atom is 0.251 e. The van der Waals surface area contributed by atoms with Crippen molar-refractivity contribution in [2.45, 2.75) is 18.9 Å². The first kappa shape index (κ1) is 15.6. The average Bonchev–Trinajstić information content (AvgIpc) is 2.39. The molecular formula is C12H14BrCl2NO2. The fourth-order valence-corrected chi connectivity index (χ4v) is 2.39. The van der Waals surface area contributed by atoms with Crippen molar-refractivity contribution in [1.82, 2.24) is 5.32 Å². The summed E-state index contributed by atoms with van der Waals surface area (Å²) in [6.07, 6.45) is 0.633. The molecule has 3 nitrogen and oxygen atoms in total. The Bertz CT molecular complexity index is 428. The highest BCUT2D eigenvalue weighted by Crippen LogP contribution is 2.25. The standard InChI is InChI=1S/C12H14BrCl2NO2/c1-2-12(6-14,7-15)16-11(18)8-3-4-9(13)10(17)5-8/h3-5,17H,2,6-7H2,1H3,(H,16,18). The van der Waals surface area contributed by atoms with Crippen molar-refractivity contribution in [2.24, 2.45) is 0 Å². The van der Waals surface area contributed by atoms with Crippen LogP contribution in [0.1, 0.15) is 23.7 Å². The molecule has 0 aliphatic rings. The van der Waals surface area contributed by atoms with E-state index in [1.165, 1.54) is 6.07 Å². The van der Waals surface area contributed by atoms with Gasteiger partial charge in [-0.2, -0.15) is 0 Å². The van der Waals surface area contributed by atoms with E-state index in [1.807, 2.05) is 6.92 Å². The maximum absolute atomic E-state index is 12.0. The minimum absolute atomic E-state index is 0.0153. The van der Waals surface area contributed by atoms with Crippen LogP contribution in [0.2, 0.25) is 0 Å². The SMILES string of the molecule is CCC(CCl)(CCl)NC(=O)c1ccc(Br)c(O)c1. The summed E-state index contributed by atoms with van der Waals surface area (Å²) in [5.74, 6) is 0.185. The van der Waals surface area contributed by atoms with Gasteiger partial charge in [-0.25, -0.2) is 0 Å². The second-order valence-electron chi connectivity index (χ2n) is 4.02. The average molecular weight is 355 g/mol. The lowest BCUT2D eigenvalue weighted by Crippen LogP contribution is -2.51. The fraction of sp³-hybridized carbons (Fsp3) is 0.417. The van der Waals surface area contributed by atoms with Crippen LogP contribution in [-0.2, 0) is 0 Å². The van der Waals surface area contributed by atoms with Gasteiger partial charge >= 0.3 is 0 Å². The zero-order valence-corrected chi connectivity index (χ0v) is 12.9. The number of nitrogens with one attached hydrogen (secondary N) is 1. The van der Waals surface area contributed by atoms with E-state index in [2.05, 4.69) is 21.2 Å². The van der Waals surface area contributed by atoms with E-state index in [-0.39, 0.29) is 23.4 Å². The van der Waals surface area contributed by atoms with Crippen LogP contribution in [0.4, 0.5) is 0 Å². The predicted octanol–water partition coefficient (Wildman–Crippen LogP) is 3.51. The molecule has 0 unspecified atom stereocenters. The number of alkyl halides is 2. The second-order valence-corrected chi connectivity index (χ2v) is 5.41. The summed E-state index contributed by atoms with van der Waals surface area (Å²) in [7, 11) is 0. The van der Waals surface area contributed by atoms with Crippen molar-refractivity contribution in [2.75, 3.05) is 11.8 Å². The van der Waals surface area contributed by atoms with Crippen LogP contribution in [0.3, 0.4) is 0 Å². The number of hydrogen-bond acceptors (Lipinski definition) is 2. The summed E-state index contributed by atoms with van der Waals surface area (Å²) in [6.45, 7) is 1.91. The van der Waals surface area contributed by atoms with Crippen LogP contribution in [0, 0.1) is 0 Å². The normalized spacial score (nSPS) is 11.3. The predicted molar refractivity (Wildman–Crippen MR) is 77.7 cm³/mol. The Morgan fingerprint density at radius 2 is 2.06 bits per heavy atom. The molecule has 0 heterocycles. The van der Waals surface area contributed by atoms with E-state index < -0.39 is 5.54 Å². The number of hydrogen-bond donors (Lipinski definition) is 2. The Morgan fingerprint density at radius 3 is 2.50 bits per heavy atom. The molecule has 6 heteroatoms. The van der Waals surface area contributed by atoms with Crippen LogP contribution >= 0.6 is 39.1 Å². The highest BCUT2D eigenvalue weighted by Gasteiger charge is 2.28. The molecule has 100 valence electrons. The quantitative estimate of drug-likeness (QED) is 0.795. The van der Waals surface area contributed by atoms with Gasteiger partial charge in [0.05, 0.1) is 10.0 Å². The molecule has 1 rings (SSSR count). The smallest absolute Gasteiger partial charge is 0.251 e. The highest BCUT2D eigenvalue weighted by molar-refractivity contribution is 9.10. The van der Waals surface area contributed by atoms with E-state index in [0.717, 1.165) is 0 Å². The highest BCUT2D eigenvalue weighted by atomic mass is 79.9. The number of phenols is 1. The summed E-state index contributed by atoms with van der Waals surface area (Å²) in [4.78, 5) is 12.0. The zero-order valence-electron chi connectivity index (χ0n) is 9.84. The lowest BCUT2D eigenvalue weighted by Gasteiger charge is -2.29. The number of carbonyl (C=O) groups excluding carboxylic acids is 1. The van der Waals surface area contributed by atoms with Crippen molar-refractivity contribution in [3.05, 3.63) is 28.2 Å². The third-order valence-corrected chi connectivity index (χ3v) is 4.47. The van der Waals surface area contributed by atoms with Crippen LogP contribution in [0.25, 0.3) is 0 Å². The second kappa shape index (κ2) is 6.64. The summed E-state index contributed by atoms with van der Waals surface area (Å²) in [5, 5.41) is 12.4. The number of halogens is 3. The van der Waals surface area contributed by atoms with E-state index in [1.54, 1.807) is 12.1 Å². The van der Waals surface area contributed by atoms with Gasteiger partial charge < -0.3 is 10.4 Å². The molecule has 0 saturated heterocycles. The third kappa shape index (κ3) is 3.53. The fourth-order valence-electron chi connectivity index (χ4n) is 1.35. The lowest BCUT2D eigenvalue weighted by molar-refractivity contribution is 0.0913. The van der Waals surface area contributed by atoms with E-state index in [9.17, 15) is 9.90 Å². The molecule has 0 spiro atoms. The molecule has 0 saturated carbocycles. The number of benzene rings is 1. The molecule has 1 aromatic carbocycles. The molecule has 0 radical (unpaired) electrons. The molecule has 0 fully saturated rings. The summed E-state index contributed by atoms with van der Waals surface area (Å²) >= 11 is 14.9. The summed E-state index contributed by atoms with van der Waals surface area (Å²) in [5.41, 5.74) is -0.258. The Labute approximate surface area is 125 Å². The first-order valence-electron chi connectivity index (χ1n) is 5.41. The number of amides is 1. The van der Waals surface area contributed by atoms with Crippen molar-refractivity contribution in [1.29, 1.82) is 0 Å². The molecule has 18 heavy (non-hydrogen) atoms. The first-order chi connectivity index (χ1) is 8.48. The number of rotatable bonds is 5. The van der Waals surface area contributed by atoms with Gasteiger partial charge in [0.1, 0.15) is 5.75 Å². The van der Waals surface area contributed by atoms with E-state index in [4.69, 9.17) is 23.2 Å². The Morgan fingerprint density at radius 1 is 1.44 bits per heavy atom. The lowest BCUT2D eigenvalue weighted by atomic mass is 10.0. The topological polar surface area (TPSA) is 49.3 Å². The monoisotopic (exact) mass is 353 g/mol. The Balaban J connectivity index is 2.90. The molecule has 2 N–H and O–H groups in total. The third-order valence-electron chi connectivity index (χ3n) is 2.78. The van der Waals surface area contributed by atoms with Gasteiger partial charge in [-0.3, -0.25) is 4.79 Å². The summed E-state index contributed by atoms with van der Waals surface area (Å²) in [6, 6.07) is 4.61. The molecule has 0 aliphatic heterocycles. The molecule has 0 atom stereocenters. The molecule has 1 aromatic rings. The van der Waals surface area contributed by atoms with Crippen molar-refractivity contribution < 1.29 is 9.90 Å². The zero-order chi connectivity index (χ0) is 13.8. The van der Waals surface area contributed by atoms with Crippen LogP contribution in [0.5, 0.6) is 5.75 Å². The van der Waals surface area contributed by atoms with Crippen molar-refractivity contribution in [3.63, 3.8) is 0 Å². The van der Waals surface area contributed by atoms with Gasteiger partial charge in [-0.15, -0.1) is 23.2 Å². The number of phenolic OH excluding ortho intramolecular Hbond substituents is 1. The van der Waals surface area contributed by atoms with E-state index >= 15 is 0 Å². The van der Waals surface area contributed by atoms with Crippen LogP contribution < -0.4 is 5.32 Å². The molecule has 0 bridgehead atoms. The first-order valence-corrected chi connectivity index (χ1v) is 7.27. The Kier molecular flexibility index (Phi) is 5.76. The van der Waals surface area contributed by atoms with Gasteiger partial charge in [0, 0.05) is 17.3 Å². The van der Waals surface area contributed by atoms with Gasteiger partial charge in [0.15, 0.2) is 0 Å². The van der Waals surface area contributed by atoms with Gasteiger partial charge in [0.25, 0.3) is 5.91 Å². The molecule has 1 amide bonds. The number of carbonyl (C=O) groups is 1. The van der Waals surface area contributed by atoms with Gasteiger partial charge in [0.2, 0.25) is 0 Å². The minimum atomic E-state index is -0.622. The van der Waals surface area contributed by atoms with Gasteiger partial charge in [-0.1, -0.05) is 6.92 Å². The van der Waals surface area contributed by atoms with Gasteiger partial charge in [-0.05, 0) is 40.5 Å². The van der Waals surface area contributed by atoms with Crippen molar-refractivity contribution >= 4 is 45.0 Å².